The topological polar surface area (TPSA) is 49.8 Å². The minimum Gasteiger partial charge on any atom is -0.493 e. The summed E-state index contributed by atoms with van der Waals surface area (Å²) >= 11 is 5.84. The van der Waals surface area contributed by atoms with Crippen molar-refractivity contribution in [2.45, 2.75) is 25.4 Å². The molecule has 1 atom stereocenters. The molecule has 1 aromatic carbocycles. The van der Waals surface area contributed by atoms with Gasteiger partial charge in [-0.2, -0.15) is 0 Å². The molecule has 1 N–H and O–H groups in total. The maximum Gasteiger partial charge on any atom is 0.226 e. The van der Waals surface area contributed by atoms with E-state index < -0.39 is 0 Å². The molecule has 0 aromatic heterocycles. The second kappa shape index (κ2) is 6.78. The number of hydrogen-bond acceptors (Lipinski definition) is 3. The Bertz CT molecular complexity index is 438. The molecule has 0 spiro atoms. The van der Waals surface area contributed by atoms with Crippen molar-refractivity contribution in [3.05, 3.63) is 29.3 Å². The molecule has 1 fully saturated rings. The van der Waals surface area contributed by atoms with Crippen LogP contribution >= 0.6 is 11.6 Å². The molecular weight excluding hydrogens is 266 g/mol. The molecule has 1 aliphatic rings. The zero-order valence-corrected chi connectivity index (χ0v) is 11.5. The number of amides is 1. The number of likely N-dealkylation sites (tertiary alicyclic amines) is 1. The summed E-state index contributed by atoms with van der Waals surface area (Å²) in [4.78, 5) is 13.6. The zero-order valence-electron chi connectivity index (χ0n) is 10.7. The third-order valence-electron chi connectivity index (χ3n) is 3.13. The minimum atomic E-state index is -0.383. The van der Waals surface area contributed by atoms with Crippen molar-refractivity contribution >= 4 is 17.5 Å². The first kappa shape index (κ1) is 14.2. The second-order valence-electron chi connectivity index (χ2n) is 4.69. The van der Waals surface area contributed by atoms with Gasteiger partial charge in [-0.3, -0.25) is 4.79 Å². The molecule has 0 saturated carbocycles. The number of halogens is 1. The number of piperidine rings is 1. The van der Waals surface area contributed by atoms with Crippen LogP contribution in [0.4, 0.5) is 0 Å². The van der Waals surface area contributed by atoms with E-state index in [1.165, 1.54) is 0 Å². The summed E-state index contributed by atoms with van der Waals surface area (Å²) in [5.41, 5.74) is 0. The Hall–Kier alpha value is -1.26. The molecular formula is C14H18ClNO3. The van der Waals surface area contributed by atoms with E-state index in [1.807, 2.05) is 0 Å². The van der Waals surface area contributed by atoms with Gasteiger partial charge in [0.2, 0.25) is 5.91 Å². The summed E-state index contributed by atoms with van der Waals surface area (Å²) in [6, 6.07) is 7.10. The lowest BCUT2D eigenvalue weighted by Crippen LogP contribution is -2.42. The van der Waals surface area contributed by atoms with Crippen LogP contribution in [0.2, 0.25) is 5.02 Å². The molecule has 4 nitrogen and oxygen atoms in total. The maximum absolute atomic E-state index is 11.9. The van der Waals surface area contributed by atoms with E-state index in [0.29, 0.717) is 30.3 Å². The van der Waals surface area contributed by atoms with Crippen molar-refractivity contribution < 1.29 is 14.6 Å². The average molecular weight is 284 g/mol. The summed E-state index contributed by atoms with van der Waals surface area (Å²) in [5.74, 6) is 0.694. The van der Waals surface area contributed by atoms with Crippen molar-refractivity contribution in [2.75, 3.05) is 19.7 Å². The average Bonchev–Trinajstić information content (AvgIpc) is 2.38. The highest BCUT2D eigenvalue weighted by Gasteiger charge is 2.21. The van der Waals surface area contributed by atoms with E-state index in [2.05, 4.69) is 0 Å². The van der Waals surface area contributed by atoms with E-state index in [4.69, 9.17) is 16.3 Å². The summed E-state index contributed by atoms with van der Waals surface area (Å²) in [5, 5.41) is 10.1. The van der Waals surface area contributed by atoms with E-state index in [9.17, 15) is 9.90 Å². The van der Waals surface area contributed by atoms with Crippen molar-refractivity contribution in [3.63, 3.8) is 0 Å². The van der Waals surface area contributed by atoms with Crippen molar-refractivity contribution in [3.8, 4) is 5.75 Å². The fourth-order valence-electron chi connectivity index (χ4n) is 2.15. The first-order valence-electron chi connectivity index (χ1n) is 6.49. The van der Waals surface area contributed by atoms with Crippen molar-refractivity contribution in [1.29, 1.82) is 0 Å². The molecule has 0 radical (unpaired) electrons. The lowest BCUT2D eigenvalue weighted by atomic mass is 10.1. The zero-order chi connectivity index (χ0) is 13.7. The smallest absolute Gasteiger partial charge is 0.226 e. The summed E-state index contributed by atoms with van der Waals surface area (Å²) < 4.78 is 5.48. The highest BCUT2D eigenvalue weighted by molar-refractivity contribution is 6.30. The number of β-amino-alcohol motifs (C(OH)–C–C–N with tert-alkyl or cyclic N) is 1. The van der Waals surface area contributed by atoms with Crippen molar-refractivity contribution in [2.24, 2.45) is 0 Å². The Kier molecular flexibility index (Phi) is 5.05. The number of carbonyl (C=O) groups is 1. The van der Waals surface area contributed by atoms with E-state index in [-0.39, 0.29) is 12.0 Å². The molecule has 0 bridgehead atoms. The van der Waals surface area contributed by atoms with Crippen LogP contribution in [0.5, 0.6) is 5.75 Å². The fourth-order valence-corrected chi connectivity index (χ4v) is 2.33. The first-order chi connectivity index (χ1) is 9.15. The monoisotopic (exact) mass is 283 g/mol. The Morgan fingerprint density at radius 3 is 3.11 bits per heavy atom. The molecule has 1 heterocycles. The lowest BCUT2D eigenvalue weighted by Gasteiger charge is -2.30. The Morgan fingerprint density at radius 1 is 1.53 bits per heavy atom. The number of nitrogens with zero attached hydrogens (tertiary/aromatic N) is 1. The van der Waals surface area contributed by atoms with Gasteiger partial charge in [0.25, 0.3) is 0 Å². The number of benzene rings is 1. The van der Waals surface area contributed by atoms with Gasteiger partial charge < -0.3 is 14.7 Å². The van der Waals surface area contributed by atoms with Crippen LogP contribution in [-0.2, 0) is 4.79 Å². The number of ether oxygens (including phenoxy) is 1. The second-order valence-corrected chi connectivity index (χ2v) is 5.13. The molecule has 1 saturated heterocycles. The van der Waals surface area contributed by atoms with Gasteiger partial charge >= 0.3 is 0 Å². The Balaban J connectivity index is 1.74. The van der Waals surface area contributed by atoms with Gasteiger partial charge in [0, 0.05) is 18.1 Å². The molecule has 104 valence electrons. The summed E-state index contributed by atoms with van der Waals surface area (Å²) in [7, 11) is 0. The highest BCUT2D eigenvalue weighted by Crippen LogP contribution is 2.17. The van der Waals surface area contributed by atoms with Crippen LogP contribution in [0, 0.1) is 0 Å². The fraction of sp³-hybridized carbons (Fsp3) is 0.500. The van der Waals surface area contributed by atoms with Gasteiger partial charge in [0.15, 0.2) is 0 Å². The van der Waals surface area contributed by atoms with Gasteiger partial charge in [-0.25, -0.2) is 0 Å². The standard InChI is InChI=1S/C14H18ClNO3/c15-11-3-1-5-13(9-11)19-8-6-14(18)16-7-2-4-12(17)10-16/h1,3,5,9,12,17H,2,4,6-8,10H2. The number of hydrogen-bond donors (Lipinski definition) is 1. The van der Waals surface area contributed by atoms with E-state index in [0.717, 1.165) is 19.4 Å². The number of carbonyl (C=O) groups excluding carboxylic acids is 1. The van der Waals surface area contributed by atoms with Crippen molar-refractivity contribution in [1.82, 2.24) is 4.90 Å². The summed E-state index contributed by atoms with van der Waals surface area (Å²) in [6.45, 7) is 1.49. The Morgan fingerprint density at radius 2 is 2.37 bits per heavy atom. The van der Waals surface area contributed by atoms with Crippen LogP contribution in [0.1, 0.15) is 19.3 Å². The van der Waals surface area contributed by atoms with Crippen LogP contribution in [0.15, 0.2) is 24.3 Å². The van der Waals surface area contributed by atoms with Gasteiger partial charge in [0.1, 0.15) is 5.75 Å². The van der Waals surface area contributed by atoms with Crippen LogP contribution < -0.4 is 4.74 Å². The molecule has 1 aromatic rings. The molecule has 19 heavy (non-hydrogen) atoms. The van der Waals surface area contributed by atoms with Gasteiger partial charge in [-0.1, -0.05) is 17.7 Å². The normalized spacial score (nSPS) is 19.3. The van der Waals surface area contributed by atoms with Gasteiger partial charge in [-0.15, -0.1) is 0 Å². The molecule has 0 aliphatic carbocycles. The SMILES string of the molecule is O=C(CCOc1cccc(Cl)c1)N1CCCC(O)C1. The third kappa shape index (κ3) is 4.40. The molecule has 5 heteroatoms. The number of aliphatic hydroxyl groups is 1. The van der Waals surface area contributed by atoms with E-state index >= 15 is 0 Å². The molecule has 1 aliphatic heterocycles. The van der Waals surface area contributed by atoms with Crippen LogP contribution in [0.3, 0.4) is 0 Å². The van der Waals surface area contributed by atoms with E-state index in [1.54, 1.807) is 29.2 Å². The highest BCUT2D eigenvalue weighted by atomic mass is 35.5. The molecule has 2 rings (SSSR count). The van der Waals surface area contributed by atoms with Crippen LogP contribution in [0.25, 0.3) is 0 Å². The largest absolute Gasteiger partial charge is 0.493 e. The number of aliphatic hydroxyl groups excluding tert-OH is 1. The van der Waals surface area contributed by atoms with Gasteiger partial charge in [-0.05, 0) is 31.0 Å². The molecule has 1 amide bonds. The maximum atomic E-state index is 11.9. The number of rotatable bonds is 4. The van der Waals surface area contributed by atoms with Gasteiger partial charge in [0.05, 0.1) is 19.1 Å². The molecule has 1 unspecified atom stereocenters. The lowest BCUT2D eigenvalue weighted by molar-refractivity contribution is -0.134. The predicted molar refractivity (Wildman–Crippen MR) is 73.4 cm³/mol. The third-order valence-corrected chi connectivity index (χ3v) is 3.37. The Labute approximate surface area is 117 Å². The predicted octanol–water partition coefficient (Wildman–Crippen LogP) is 2.09. The first-order valence-corrected chi connectivity index (χ1v) is 6.87. The van der Waals surface area contributed by atoms with Crippen LogP contribution in [-0.4, -0.2) is 41.7 Å². The minimum absolute atomic E-state index is 0.0285. The quantitative estimate of drug-likeness (QED) is 0.920. The summed E-state index contributed by atoms with van der Waals surface area (Å²) in [6.07, 6.45) is 1.58.